The summed E-state index contributed by atoms with van der Waals surface area (Å²) in [5, 5.41) is 0. The summed E-state index contributed by atoms with van der Waals surface area (Å²) in [6.45, 7) is 7.31. The first-order chi connectivity index (χ1) is 8.13. The van der Waals surface area contributed by atoms with E-state index in [1.165, 1.54) is 16.7 Å². The van der Waals surface area contributed by atoms with Gasteiger partial charge >= 0.3 is 0 Å². The molecule has 1 aromatic rings. The highest BCUT2D eigenvalue weighted by Crippen LogP contribution is 2.34. The first kappa shape index (κ1) is 12.6. The average molecular weight is 233 g/mol. The zero-order chi connectivity index (χ0) is 12.4. The van der Waals surface area contributed by atoms with Crippen molar-refractivity contribution >= 4 is 0 Å². The molecule has 1 heterocycles. The molecule has 2 rings (SSSR count). The van der Waals surface area contributed by atoms with Crippen molar-refractivity contribution in [1.29, 1.82) is 0 Å². The minimum absolute atomic E-state index is 0.113. The Morgan fingerprint density at radius 3 is 2.88 bits per heavy atom. The van der Waals surface area contributed by atoms with E-state index in [0.717, 1.165) is 19.4 Å². The fourth-order valence-electron chi connectivity index (χ4n) is 2.85. The topological polar surface area (TPSA) is 35.2 Å². The van der Waals surface area contributed by atoms with Crippen LogP contribution in [0.2, 0.25) is 0 Å². The van der Waals surface area contributed by atoms with Gasteiger partial charge in [-0.1, -0.05) is 30.7 Å². The monoisotopic (exact) mass is 233 g/mol. The lowest BCUT2D eigenvalue weighted by molar-refractivity contribution is 0.0813. The predicted molar refractivity (Wildman–Crippen MR) is 71.0 cm³/mol. The molecule has 2 N–H and O–H groups in total. The van der Waals surface area contributed by atoms with Gasteiger partial charge in [0.1, 0.15) is 0 Å². The van der Waals surface area contributed by atoms with Gasteiger partial charge in [0.25, 0.3) is 0 Å². The van der Waals surface area contributed by atoms with Gasteiger partial charge in [-0.25, -0.2) is 0 Å². The fourth-order valence-corrected chi connectivity index (χ4v) is 2.85. The molecule has 0 radical (unpaired) electrons. The molecule has 0 spiro atoms. The van der Waals surface area contributed by atoms with Crippen LogP contribution in [0.4, 0.5) is 0 Å². The quantitative estimate of drug-likeness (QED) is 0.870. The summed E-state index contributed by atoms with van der Waals surface area (Å²) in [5.74, 6) is 0.473. The first-order valence-electron chi connectivity index (χ1n) is 6.57. The molecule has 2 heteroatoms. The minimum atomic E-state index is 0.113. The van der Waals surface area contributed by atoms with Crippen LogP contribution in [0, 0.1) is 19.8 Å². The lowest BCUT2D eigenvalue weighted by Crippen LogP contribution is -2.28. The SMILES string of the molecule is CCC1OCCC1C(N)c1cc(C)ccc1C. The molecule has 17 heavy (non-hydrogen) atoms. The van der Waals surface area contributed by atoms with E-state index in [2.05, 4.69) is 39.0 Å². The Labute approximate surface area is 104 Å². The summed E-state index contributed by atoms with van der Waals surface area (Å²) in [6, 6.07) is 6.66. The number of rotatable bonds is 3. The van der Waals surface area contributed by atoms with Gasteiger partial charge in [-0.3, -0.25) is 0 Å². The second-order valence-electron chi connectivity index (χ2n) is 5.16. The molecule has 94 valence electrons. The van der Waals surface area contributed by atoms with Crippen LogP contribution >= 0.6 is 0 Å². The van der Waals surface area contributed by atoms with Gasteiger partial charge in [-0.2, -0.15) is 0 Å². The average Bonchev–Trinajstić information content (AvgIpc) is 2.79. The number of benzene rings is 1. The van der Waals surface area contributed by atoms with Gasteiger partial charge in [0.2, 0.25) is 0 Å². The molecule has 0 aromatic heterocycles. The lowest BCUT2D eigenvalue weighted by atomic mass is 9.85. The van der Waals surface area contributed by atoms with Crippen LogP contribution in [0.15, 0.2) is 18.2 Å². The molecule has 0 aliphatic carbocycles. The van der Waals surface area contributed by atoms with Crippen molar-refractivity contribution in [3.63, 3.8) is 0 Å². The number of ether oxygens (including phenoxy) is 1. The standard InChI is InChI=1S/C15H23NO/c1-4-14-12(7-8-17-14)15(16)13-9-10(2)5-6-11(13)3/h5-6,9,12,14-15H,4,7-8,16H2,1-3H3. The van der Waals surface area contributed by atoms with Gasteiger partial charge in [-0.05, 0) is 37.8 Å². The maximum atomic E-state index is 6.46. The smallest absolute Gasteiger partial charge is 0.0619 e. The Balaban J connectivity index is 2.24. The third kappa shape index (κ3) is 2.53. The molecule has 0 saturated carbocycles. The van der Waals surface area contributed by atoms with Crippen LogP contribution in [-0.2, 0) is 4.74 Å². The van der Waals surface area contributed by atoms with E-state index in [1.807, 2.05) is 0 Å². The Bertz CT molecular complexity index is 389. The third-order valence-corrected chi connectivity index (χ3v) is 3.92. The summed E-state index contributed by atoms with van der Waals surface area (Å²) in [5.41, 5.74) is 10.3. The van der Waals surface area contributed by atoms with E-state index in [4.69, 9.17) is 10.5 Å². The zero-order valence-corrected chi connectivity index (χ0v) is 11.1. The largest absolute Gasteiger partial charge is 0.378 e. The first-order valence-corrected chi connectivity index (χ1v) is 6.57. The van der Waals surface area contributed by atoms with E-state index >= 15 is 0 Å². The molecule has 1 aromatic carbocycles. The molecule has 1 fully saturated rings. The maximum absolute atomic E-state index is 6.46. The van der Waals surface area contributed by atoms with Crippen molar-refractivity contribution < 1.29 is 4.74 Å². The van der Waals surface area contributed by atoms with E-state index in [1.54, 1.807) is 0 Å². The van der Waals surface area contributed by atoms with Crippen molar-refractivity contribution in [3.05, 3.63) is 34.9 Å². The molecular weight excluding hydrogens is 210 g/mol. The summed E-state index contributed by atoms with van der Waals surface area (Å²) in [7, 11) is 0. The van der Waals surface area contributed by atoms with Gasteiger partial charge in [0, 0.05) is 18.6 Å². The number of nitrogens with two attached hydrogens (primary N) is 1. The molecule has 2 nitrogen and oxygen atoms in total. The van der Waals surface area contributed by atoms with E-state index in [9.17, 15) is 0 Å². The third-order valence-electron chi connectivity index (χ3n) is 3.92. The van der Waals surface area contributed by atoms with Gasteiger partial charge in [0.15, 0.2) is 0 Å². The number of hydrogen-bond acceptors (Lipinski definition) is 2. The second kappa shape index (κ2) is 5.19. The Morgan fingerprint density at radius 2 is 2.18 bits per heavy atom. The van der Waals surface area contributed by atoms with Crippen LogP contribution in [0.1, 0.15) is 42.5 Å². The maximum Gasteiger partial charge on any atom is 0.0619 e. The van der Waals surface area contributed by atoms with E-state index in [0.29, 0.717) is 12.0 Å². The summed E-state index contributed by atoms with van der Waals surface area (Å²) in [6.07, 6.45) is 2.49. The van der Waals surface area contributed by atoms with Gasteiger partial charge < -0.3 is 10.5 Å². The van der Waals surface area contributed by atoms with Crippen molar-refractivity contribution in [2.24, 2.45) is 11.7 Å². The van der Waals surface area contributed by atoms with E-state index < -0.39 is 0 Å². The van der Waals surface area contributed by atoms with Crippen molar-refractivity contribution in [2.45, 2.75) is 45.8 Å². The Morgan fingerprint density at radius 1 is 1.41 bits per heavy atom. The zero-order valence-electron chi connectivity index (χ0n) is 11.1. The highest BCUT2D eigenvalue weighted by molar-refractivity contribution is 5.33. The van der Waals surface area contributed by atoms with Crippen molar-refractivity contribution in [2.75, 3.05) is 6.61 Å². The molecule has 1 aliphatic rings. The predicted octanol–water partition coefficient (Wildman–Crippen LogP) is 3.12. The fraction of sp³-hybridized carbons (Fsp3) is 0.600. The number of aryl methyl sites for hydroxylation is 2. The Kier molecular flexibility index (Phi) is 3.85. The van der Waals surface area contributed by atoms with E-state index in [-0.39, 0.29) is 6.04 Å². The highest BCUT2D eigenvalue weighted by atomic mass is 16.5. The summed E-state index contributed by atoms with van der Waals surface area (Å²) in [4.78, 5) is 0. The second-order valence-corrected chi connectivity index (χ2v) is 5.16. The van der Waals surface area contributed by atoms with Crippen molar-refractivity contribution in [1.82, 2.24) is 0 Å². The minimum Gasteiger partial charge on any atom is -0.378 e. The van der Waals surface area contributed by atoms with Gasteiger partial charge in [0.05, 0.1) is 6.10 Å². The molecular formula is C15H23NO. The molecule has 3 unspecified atom stereocenters. The van der Waals surface area contributed by atoms with Crippen LogP contribution < -0.4 is 5.73 Å². The summed E-state index contributed by atoms with van der Waals surface area (Å²) < 4.78 is 5.75. The van der Waals surface area contributed by atoms with Crippen LogP contribution in [0.25, 0.3) is 0 Å². The molecule has 1 saturated heterocycles. The van der Waals surface area contributed by atoms with Crippen LogP contribution in [0.3, 0.4) is 0 Å². The highest BCUT2D eigenvalue weighted by Gasteiger charge is 2.32. The van der Waals surface area contributed by atoms with Crippen molar-refractivity contribution in [3.8, 4) is 0 Å². The molecule has 1 aliphatic heterocycles. The van der Waals surface area contributed by atoms with Crippen LogP contribution in [-0.4, -0.2) is 12.7 Å². The van der Waals surface area contributed by atoms with Crippen LogP contribution in [0.5, 0.6) is 0 Å². The number of hydrogen-bond donors (Lipinski definition) is 1. The van der Waals surface area contributed by atoms with Gasteiger partial charge in [-0.15, -0.1) is 0 Å². The molecule has 0 bridgehead atoms. The Hall–Kier alpha value is -0.860. The molecule has 3 atom stereocenters. The lowest BCUT2D eigenvalue weighted by Gasteiger charge is -2.25. The normalized spacial score (nSPS) is 26.1. The molecule has 0 amide bonds. The summed E-state index contributed by atoms with van der Waals surface area (Å²) >= 11 is 0.